The van der Waals surface area contributed by atoms with Crippen LogP contribution in [0.2, 0.25) is 0 Å². The van der Waals surface area contributed by atoms with Crippen LogP contribution in [0.4, 0.5) is 0 Å². The molecule has 2 fully saturated rings. The number of hydrogen-bond acceptors (Lipinski definition) is 7. The fourth-order valence-corrected chi connectivity index (χ4v) is 5.90. The third-order valence-electron chi connectivity index (χ3n) is 6.97. The molecule has 2 atom stereocenters. The summed E-state index contributed by atoms with van der Waals surface area (Å²) in [6.07, 6.45) is 4.56. The van der Waals surface area contributed by atoms with Crippen LogP contribution in [0.3, 0.4) is 0 Å². The smallest absolute Gasteiger partial charge is 0.315 e. The number of thiazole rings is 1. The minimum atomic E-state index is -0.906. The first-order valence-corrected chi connectivity index (χ1v) is 12.4. The van der Waals surface area contributed by atoms with Gasteiger partial charge in [-0.05, 0) is 57.2 Å². The van der Waals surface area contributed by atoms with E-state index in [4.69, 9.17) is 19.2 Å². The zero-order valence-corrected chi connectivity index (χ0v) is 20.5. The van der Waals surface area contributed by atoms with Gasteiger partial charge < -0.3 is 24.4 Å². The van der Waals surface area contributed by atoms with Crippen molar-refractivity contribution in [2.45, 2.75) is 82.5 Å². The van der Waals surface area contributed by atoms with Crippen LogP contribution in [0.15, 0.2) is 12.1 Å². The molecule has 2 aromatic rings. The molecule has 1 heterocycles. The number of carbonyl (C=O) groups is 1. The first kappa shape index (κ1) is 24.0. The minimum absolute atomic E-state index is 0.105. The molecule has 2 aliphatic carbocycles. The number of aryl methyl sites for hydroxylation is 1. The first-order valence-electron chi connectivity index (χ1n) is 11.5. The number of aromatic nitrogens is 1. The maximum atomic E-state index is 11.8. The second kappa shape index (κ2) is 9.60. The number of aliphatic carboxylic acids is 1. The molecule has 2 N–H and O–H groups in total. The molecule has 180 valence electrons. The maximum Gasteiger partial charge on any atom is 0.315 e. The van der Waals surface area contributed by atoms with Crippen LogP contribution in [0.1, 0.15) is 71.3 Å². The molecule has 0 unspecified atom stereocenters. The van der Waals surface area contributed by atoms with Gasteiger partial charge in [-0.1, -0.05) is 12.8 Å². The standard InChI is InChI=1S/C25H33NO6S/c1-14-18(30-3)11-16(12-19(14)31-4)22(27)20(32-17-7-5-6-8-17)13-21-26-23(15(2)33-21)25(9-10-25)24(28)29/h11-12,17,20,22,27H,5-10,13H2,1-4H3,(H,28,29)/t20-,22+/m0/s1. The highest BCUT2D eigenvalue weighted by Crippen LogP contribution is 2.50. The van der Waals surface area contributed by atoms with Crippen LogP contribution in [0.25, 0.3) is 0 Å². The Kier molecular flexibility index (Phi) is 6.98. The van der Waals surface area contributed by atoms with Gasteiger partial charge in [-0.3, -0.25) is 4.79 Å². The maximum absolute atomic E-state index is 11.8. The molecule has 2 aliphatic rings. The molecule has 1 aromatic carbocycles. The number of aliphatic hydroxyl groups is 1. The van der Waals surface area contributed by atoms with E-state index < -0.39 is 23.6 Å². The summed E-state index contributed by atoms with van der Waals surface area (Å²) < 4.78 is 17.4. The van der Waals surface area contributed by atoms with Crippen LogP contribution >= 0.6 is 11.3 Å². The van der Waals surface area contributed by atoms with Gasteiger partial charge in [0.1, 0.15) is 23.0 Å². The molecule has 0 radical (unpaired) electrons. The summed E-state index contributed by atoms with van der Waals surface area (Å²) in [6.45, 7) is 3.84. The van der Waals surface area contributed by atoms with Crippen molar-refractivity contribution < 1.29 is 29.2 Å². The summed E-state index contributed by atoms with van der Waals surface area (Å²) in [5, 5.41) is 21.9. The minimum Gasteiger partial charge on any atom is -0.496 e. The van der Waals surface area contributed by atoms with E-state index in [1.165, 1.54) is 11.3 Å². The van der Waals surface area contributed by atoms with E-state index in [1.807, 2.05) is 26.0 Å². The number of rotatable bonds is 10. The Hall–Kier alpha value is -2.16. The SMILES string of the molecule is COc1cc([C@@H](O)[C@H](Cc2nc(C3(C(=O)O)CC3)c(C)s2)OC2CCCC2)cc(OC)c1C. The van der Waals surface area contributed by atoms with Crippen LogP contribution in [-0.4, -0.2) is 47.6 Å². The van der Waals surface area contributed by atoms with Crippen molar-refractivity contribution in [3.8, 4) is 11.5 Å². The first-order chi connectivity index (χ1) is 15.8. The number of nitrogens with zero attached hydrogens (tertiary/aromatic N) is 1. The van der Waals surface area contributed by atoms with Crippen molar-refractivity contribution in [1.82, 2.24) is 4.98 Å². The van der Waals surface area contributed by atoms with E-state index in [0.29, 0.717) is 42.0 Å². The van der Waals surface area contributed by atoms with Crippen LogP contribution in [-0.2, 0) is 21.4 Å². The molecule has 33 heavy (non-hydrogen) atoms. The fourth-order valence-electron chi connectivity index (χ4n) is 4.83. The lowest BCUT2D eigenvalue weighted by Crippen LogP contribution is -2.29. The van der Waals surface area contributed by atoms with Crippen LogP contribution in [0, 0.1) is 13.8 Å². The van der Waals surface area contributed by atoms with Gasteiger partial charge in [0, 0.05) is 16.9 Å². The van der Waals surface area contributed by atoms with Crippen LogP contribution in [0.5, 0.6) is 11.5 Å². The third-order valence-corrected chi connectivity index (χ3v) is 7.96. The number of benzene rings is 1. The molecular weight excluding hydrogens is 442 g/mol. The number of carboxylic acid groups (broad SMARTS) is 1. The summed E-state index contributed by atoms with van der Waals surface area (Å²) in [5.74, 6) is 0.486. The summed E-state index contributed by atoms with van der Waals surface area (Å²) >= 11 is 1.50. The van der Waals surface area contributed by atoms with Gasteiger partial charge in [0.2, 0.25) is 0 Å². The van der Waals surface area contributed by atoms with Gasteiger partial charge in [0.05, 0.1) is 37.1 Å². The van der Waals surface area contributed by atoms with Crippen molar-refractivity contribution in [1.29, 1.82) is 0 Å². The van der Waals surface area contributed by atoms with E-state index in [9.17, 15) is 15.0 Å². The van der Waals surface area contributed by atoms with Crippen molar-refractivity contribution in [2.75, 3.05) is 14.2 Å². The van der Waals surface area contributed by atoms with Crippen molar-refractivity contribution in [3.05, 3.63) is 38.8 Å². The number of aliphatic hydroxyl groups excluding tert-OH is 1. The molecule has 0 bridgehead atoms. The second-order valence-electron chi connectivity index (χ2n) is 9.18. The Labute approximate surface area is 198 Å². The van der Waals surface area contributed by atoms with Crippen molar-refractivity contribution in [2.24, 2.45) is 0 Å². The predicted octanol–water partition coefficient (Wildman–Crippen LogP) is 4.50. The summed E-state index contributed by atoms with van der Waals surface area (Å²) in [6, 6.07) is 3.66. The predicted molar refractivity (Wildman–Crippen MR) is 125 cm³/mol. The number of ether oxygens (including phenoxy) is 3. The van der Waals surface area contributed by atoms with E-state index in [1.54, 1.807) is 14.2 Å². The average Bonchev–Trinajstić information content (AvgIpc) is 3.29. The van der Waals surface area contributed by atoms with E-state index in [0.717, 1.165) is 41.1 Å². The Bertz CT molecular complexity index is 983. The zero-order chi connectivity index (χ0) is 23.8. The van der Waals surface area contributed by atoms with Crippen LogP contribution < -0.4 is 9.47 Å². The second-order valence-corrected chi connectivity index (χ2v) is 10.5. The Morgan fingerprint density at radius 3 is 2.30 bits per heavy atom. The molecule has 7 nitrogen and oxygen atoms in total. The molecule has 1 aromatic heterocycles. The molecule has 2 saturated carbocycles. The Balaban J connectivity index is 1.63. The zero-order valence-electron chi connectivity index (χ0n) is 19.7. The summed E-state index contributed by atoms with van der Waals surface area (Å²) in [7, 11) is 3.20. The van der Waals surface area contributed by atoms with Gasteiger partial charge >= 0.3 is 5.97 Å². The molecule has 0 aliphatic heterocycles. The van der Waals surface area contributed by atoms with Gasteiger partial charge in [-0.15, -0.1) is 11.3 Å². The summed E-state index contributed by atoms with van der Waals surface area (Å²) in [4.78, 5) is 17.5. The quantitative estimate of drug-likeness (QED) is 0.522. The van der Waals surface area contributed by atoms with E-state index in [-0.39, 0.29) is 6.10 Å². The molecule has 8 heteroatoms. The number of carboxylic acids is 1. The Morgan fingerprint density at radius 2 is 1.79 bits per heavy atom. The highest BCUT2D eigenvalue weighted by Gasteiger charge is 2.54. The van der Waals surface area contributed by atoms with Gasteiger partial charge in [0.25, 0.3) is 0 Å². The number of hydrogen-bond donors (Lipinski definition) is 2. The normalized spacial score (nSPS) is 19.3. The van der Waals surface area contributed by atoms with Gasteiger partial charge in [-0.25, -0.2) is 4.98 Å². The number of methoxy groups -OCH3 is 2. The molecule has 0 saturated heterocycles. The average molecular weight is 476 g/mol. The summed E-state index contributed by atoms with van der Waals surface area (Å²) in [5.41, 5.74) is 1.36. The Morgan fingerprint density at radius 1 is 1.18 bits per heavy atom. The lowest BCUT2D eigenvalue weighted by Gasteiger charge is -2.27. The lowest BCUT2D eigenvalue weighted by molar-refractivity contribution is -0.140. The molecule has 0 amide bonds. The van der Waals surface area contributed by atoms with Crippen molar-refractivity contribution >= 4 is 17.3 Å². The largest absolute Gasteiger partial charge is 0.496 e. The van der Waals surface area contributed by atoms with E-state index in [2.05, 4.69) is 0 Å². The highest BCUT2D eigenvalue weighted by molar-refractivity contribution is 7.11. The van der Waals surface area contributed by atoms with Gasteiger partial charge in [-0.2, -0.15) is 0 Å². The third kappa shape index (κ3) is 4.74. The fraction of sp³-hybridized carbons (Fsp3) is 0.600. The lowest BCUT2D eigenvalue weighted by atomic mass is 9.99. The van der Waals surface area contributed by atoms with Gasteiger partial charge in [0.15, 0.2) is 0 Å². The van der Waals surface area contributed by atoms with Crippen molar-refractivity contribution in [3.63, 3.8) is 0 Å². The highest BCUT2D eigenvalue weighted by atomic mass is 32.1. The van der Waals surface area contributed by atoms with E-state index >= 15 is 0 Å². The molecular formula is C25H33NO6S. The molecule has 0 spiro atoms. The monoisotopic (exact) mass is 475 g/mol. The molecule has 4 rings (SSSR count). The topological polar surface area (TPSA) is 98.1 Å².